The van der Waals surface area contributed by atoms with Gasteiger partial charge in [0.1, 0.15) is 4.88 Å². The molecule has 0 aliphatic rings. The largest absolute Gasteiger partial charge is 0.380 e. The topological polar surface area (TPSA) is 51.2 Å². The number of alkyl halides is 1. The maximum Gasteiger partial charge on any atom is 0.263 e. The second-order valence-electron chi connectivity index (χ2n) is 3.18. The van der Waals surface area contributed by atoms with Crippen LogP contribution < -0.4 is 5.32 Å². The lowest BCUT2D eigenvalue weighted by molar-refractivity contribution is 0.0947. The van der Waals surface area contributed by atoms with Crippen molar-refractivity contribution in [3.05, 3.63) is 16.1 Å². The van der Waals surface area contributed by atoms with Gasteiger partial charge in [-0.1, -0.05) is 0 Å². The summed E-state index contributed by atoms with van der Waals surface area (Å²) < 4.78 is 5.19. The molecule has 0 unspecified atom stereocenters. The minimum absolute atomic E-state index is 0.0580. The van der Waals surface area contributed by atoms with Crippen molar-refractivity contribution in [2.45, 2.75) is 13.3 Å². The van der Waals surface area contributed by atoms with Crippen molar-refractivity contribution in [3.8, 4) is 0 Å². The highest BCUT2D eigenvalue weighted by Gasteiger charge is 2.10. The van der Waals surface area contributed by atoms with Crippen molar-refractivity contribution >= 4 is 28.8 Å². The van der Waals surface area contributed by atoms with Gasteiger partial charge in [0.2, 0.25) is 0 Å². The zero-order valence-electron chi connectivity index (χ0n) is 9.16. The van der Waals surface area contributed by atoms with Crippen molar-refractivity contribution in [1.82, 2.24) is 10.3 Å². The fourth-order valence-electron chi connectivity index (χ4n) is 1.13. The van der Waals surface area contributed by atoms with Crippen molar-refractivity contribution in [2.75, 3.05) is 25.6 Å². The van der Waals surface area contributed by atoms with E-state index in [0.29, 0.717) is 30.5 Å². The molecule has 1 rings (SSSR count). The van der Waals surface area contributed by atoms with E-state index in [4.69, 9.17) is 16.3 Å². The monoisotopic (exact) mass is 262 g/mol. The van der Waals surface area contributed by atoms with E-state index in [-0.39, 0.29) is 5.91 Å². The van der Waals surface area contributed by atoms with Gasteiger partial charge in [-0.05, 0) is 13.3 Å². The first-order valence-corrected chi connectivity index (χ1v) is 6.49. The molecule has 0 radical (unpaired) electrons. The first-order valence-electron chi connectivity index (χ1n) is 5.07. The Morgan fingerprint density at radius 2 is 2.44 bits per heavy atom. The van der Waals surface area contributed by atoms with Crippen LogP contribution in [0.4, 0.5) is 0 Å². The molecule has 0 aliphatic heterocycles. The molecule has 1 N–H and O–H groups in total. The van der Waals surface area contributed by atoms with Crippen LogP contribution in [-0.4, -0.2) is 36.5 Å². The molecule has 1 aromatic rings. The number of ether oxygens (including phenoxy) is 1. The summed E-state index contributed by atoms with van der Waals surface area (Å²) in [4.78, 5) is 16.3. The van der Waals surface area contributed by atoms with Crippen LogP contribution in [0.2, 0.25) is 0 Å². The molecular formula is C10H15ClN2O2S. The van der Waals surface area contributed by atoms with Crippen molar-refractivity contribution in [3.63, 3.8) is 0 Å². The normalized spacial score (nSPS) is 10.4. The Hall–Kier alpha value is -0.650. The number of hydrogen-bond acceptors (Lipinski definition) is 4. The molecule has 0 fully saturated rings. The number of carbonyl (C=O) groups excluding carboxylic acids is 1. The zero-order chi connectivity index (χ0) is 11.8. The zero-order valence-corrected chi connectivity index (χ0v) is 10.7. The maximum absolute atomic E-state index is 11.6. The predicted molar refractivity (Wildman–Crippen MR) is 65.3 cm³/mol. The number of nitrogens with one attached hydrogen (secondary N) is 1. The van der Waals surface area contributed by atoms with Crippen molar-refractivity contribution < 1.29 is 9.53 Å². The minimum atomic E-state index is -0.0580. The van der Waals surface area contributed by atoms with Crippen LogP contribution in [0.5, 0.6) is 0 Å². The van der Waals surface area contributed by atoms with Gasteiger partial charge in [0.05, 0.1) is 17.8 Å². The molecule has 4 nitrogen and oxygen atoms in total. The molecule has 90 valence electrons. The number of hydrogen-bond donors (Lipinski definition) is 1. The van der Waals surface area contributed by atoms with Gasteiger partial charge in [0.25, 0.3) is 5.91 Å². The van der Waals surface area contributed by atoms with Crippen LogP contribution in [0.25, 0.3) is 0 Å². The Morgan fingerprint density at radius 3 is 3.06 bits per heavy atom. The van der Waals surface area contributed by atoms with E-state index in [1.165, 1.54) is 11.3 Å². The summed E-state index contributed by atoms with van der Waals surface area (Å²) in [7, 11) is 0. The molecule has 6 heteroatoms. The summed E-state index contributed by atoms with van der Waals surface area (Å²) in [5.74, 6) is 0.448. The van der Waals surface area contributed by atoms with Crippen LogP contribution in [0.3, 0.4) is 0 Å². The number of rotatable bonds is 7. The Labute approximate surface area is 104 Å². The molecule has 0 bridgehead atoms. The summed E-state index contributed by atoms with van der Waals surface area (Å²) in [5.41, 5.74) is 2.45. The molecule has 1 heterocycles. The van der Waals surface area contributed by atoms with Gasteiger partial charge in [-0.15, -0.1) is 22.9 Å². The fraction of sp³-hybridized carbons (Fsp3) is 0.600. The van der Waals surface area contributed by atoms with Crippen LogP contribution in [0.1, 0.15) is 21.8 Å². The average molecular weight is 263 g/mol. The summed E-state index contributed by atoms with van der Waals surface area (Å²) >= 11 is 6.81. The molecule has 1 aromatic heterocycles. The number of nitrogens with zero attached hydrogens (tertiary/aromatic N) is 1. The van der Waals surface area contributed by atoms with Crippen LogP contribution >= 0.6 is 22.9 Å². The van der Waals surface area contributed by atoms with Crippen molar-refractivity contribution in [1.29, 1.82) is 0 Å². The van der Waals surface area contributed by atoms with Gasteiger partial charge in [-0.3, -0.25) is 4.79 Å². The standard InChI is InChI=1S/C10H15ClN2O2S/c1-8-9(16-7-13-8)10(14)12-4-2-5-15-6-3-11/h7H,2-6H2,1H3,(H,12,14). The summed E-state index contributed by atoms with van der Waals surface area (Å²) in [6.45, 7) is 3.62. The summed E-state index contributed by atoms with van der Waals surface area (Å²) in [5, 5.41) is 2.82. The number of carbonyl (C=O) groups is 1. The van der Waals surface area contributed by atoms with Crippen LogP contribution in [-0.2, 0) is 4.74 Å². The third-order valence-electron chi connectivity index (χ3n) is 1.92. The molecule has 16 heavy (non-hydrogen) atoms. The fourth-order valence-corrected chi connectivity index (χ4v) is 1.96. The number of thiazole rings is 1. The molecule has 1 amide bonds. The van der Waals surface area contributed by atoms with E-state index >= 15 is 0 Å². The lowest BCUT2D eigenvalue weighted by Gasteiger charge is -2.04. The van der Waals surface area contributed by atoms with Gasteiger partial charge in [-0.2, -0.15) is 0 Å². The maximum atomic E-state index is 11.6. The van der Waals surface area contributed by atoms with Gasteiger partial charge in [-0.25, -0.2) is 4.98 Å². The number of aromatic nitrogens is 1. The molecule has 0 spiro atoms. The summed E-state index contributed by atoms with van der Waals surface area (Å²) in [6, 6.07) is 0. The molecule has 0 aromatic carbocycles. The van der Waals surface area contributed by atoms with Gasteiger partial charge < -0.3 is 10.1 Å². The second kappa shape index (κ2) is 7.60. The quantitative estimate of drug-likeness (QED) is 0.603. The Morgan fingerprint density at radius 1 is 1.62 bits per heavy atom. The van der Waals surface area contributed by atoms with Crippen LogP contribution in [0.15, 0.2) is 5.51 Å². The predicted octanol–water partition coefficient (Wildman–Crippen LogP) is 1.83. The third-order valence-corrected chi connectivity index (χ3v) is 3.01. The number of aryl methyl sites for hydroxylation is 1. The van der Waals surface area contributed by atoms with Gasteiger partial charge >= 0.3 is 0 Å². The first kappa shape index (κ1) is 13.4. The van der Waals surface area contributed by atoms with Crippen molar-refractivity contribution in [2.24, 2.45) is 0 Å². The molecule has 0 saturated heterocycles. The summed E-state index contributed by atoms with van der Waals surface area (Å²) in [6.07, 6.45) is 0.792. The van der Waals surface area contributed by atoms with E-state index < -0.39 is 0 Å². The Bertz CT molecular complexity index is 330. The number of halogens is 1. The Balaban J connectivity index is 2.14. The smallest absolute Gasteiger partial charge is 0.263 e. The minimum Gasteiger partial charge on any atom is -0.380 e. The van der Waals surface area contributed by atoms with E-state index in [2.05, 4.69) is 10.3 Å². The lowest BCUT2D eigenvalue weighted by Crippen LogP contribution is -2.25. The first-order chi connectivity index (χ1) is 7.75. The highest BCUT2D eigenvalue weighted by Crippen LogP contribution is 2.11. The van der Waals surface area contributed by atoms with E-state index in [0.717, 1.165) is 12.1 Å². The van der Waals surface area contributed by atoms with Gasteiger partial charge in [0.15, 0.2) is 0 Å². The van der Waals surface area contributed by atoms with Gasteiger partial charge in [0, 0.05) is 19.0 Å². The molecule has 0 atom stereocenters. The average Bonchev–Trinajstić information content (AvgIpc) is 2.69. The molecular weight excluding hydrogens is 248 g/mol. The second-order valence-corrected chi connectivity index (χ2v) is 4.41. The third kappa shape index (κ3) is 4.47. The lowest BCUT2D eigenvalue weighted by atomic mass is 10.3. The Kier molecular flexibility index (Phi) is 6.37. The highest BCUT2D eigenvalue weighted by molar-refractivity contribution is 7.11. The number of amides is 1. The van der Waals surface area contributed by atoms with E-state index in [1.54, 1.807) is 5.51 Å². The van der Waals surface area contributed by atoms with Crippen LogP contribution in [0, 0.1) is 6.92 Å². The van der Waals surface area contributed by atoms with E-state index in [1.807, 2.05) is 6.92 Å². The van der Waals surface area contributed by atoms with E-state index in [9.17, 15) is 4.79 Å². The highest BCUT2D eigenvalue weighted by atomic mass is 35.5. The molecule has 0 saturated carbocycles. The molecule has 0 aliphatic carbocycles. The SMILES string of the molecule is Cc1ncsc1C(=O)NCCCOCCCl.